The molecule has 0 aliphatic carbocycles. The second kappa shape index (κ2) is 6.81. The number of nitrogens with two attached hydrogens (primary N) is 1. The fourth-order valence-electron chi connectivity index (χ4n) is 2.00. The van der Waals surface area contributed by atoms with Gasteiger partial charge < -0.3 is 16.3 Å². The number of pyridine rings is 1. The lowest BCUT2D eigenvalue weighted by Gasteiger charge is -2.14. The Bertz CT molecular complexity index is 631. The van der Waals surface area contributed by atoms with Crippen molar-refractivity contribution in [1.82, 2.24) is 10.3 Å². The Hall–Kier alpha value is -2.47. The topological polar surface area (TPSA) is 83.5 Å². The molecule has 1 unspecified atom stereocenters. The maximum atomic E-state index is 13.5. The Kier molecular flexibility index (Phi) is 4.84. The number of halogens is 1. The zero-order valence-electron chi connectivity index (χ0n) is 11.6. The van der Waals surface area contributed by atoms with Crippen LogP contribution in [-0.4, -0.2) is 16.0 Å². The van der Waals surface area contributed by atoms with Crippen LogP contribution in [0.5, 0.6) is 0 Å². The van der Waals surface area contributed by atoms with Crippen molar-refractivity contribution in [3.8, 4) is 0 Å². The third kappa shape index (κ3) is 4.00. The molecule has 0 aliphatic heterocycles. The maximum absolute atomic E-state index is 13.5. The Morgan fingerprint density at radius 2 is 2.10 bits per heavy atom. The Morgan fingerprint density at radius 1 is 1.38 bits per heavy atom. The van der Waals surface area contributed by atoms with Crippen molar-refractivity contribution in [2.45, 2.75) is 19.5 Å². The van der Waals surface area contributed by atoms with Gasteiger partial charge in [0.1, 0.15) is 5.82 Å². The molecule has 0 fully saturated rings. The van der Waals surface area contributed by atoms with Gasteiger partial charge in [0.15, 0.2) is 5.84 Å². The van der Waals surface area contributed by atoms with E-state index in [-0.39, 0.29) is 11.9 Å². The molecule has 6 heteroatoms. The minimum absolute atomic E-state index is 0.101. The number of nitrogens with one attached hydrogen (secondary N) is 1. The molecule has 0 saturated carbocycles. The van der Waals surface area contributed by atoms with Crippen LogP contribution < -0.4 is 11.1 Å². The molecule has 1 aromatic heterocycles. The second-order valence-corrected chi connectivity index (χ2v) is 4.72. The van der Waals surface area contributed by atoms with E-state index in [4.69, 9.17) is 10.9 Å². The minimum atomic E-state index is -0.424. The van der Waals surface area contributed by atoms with Gasteiger partial charge in [-0.05, 0) is 48.4 Å². The van der Waals surface area contributed by atoms with Gasteiger partial charge in [0, 0.05) is 30.5 Å². The molecule has 0 spiro atoms. The van der Waals surface area contributed by atoms with E-state index >= 15 is 0 Å². The predicted octanol–water partition coefficient (Wildman–Crippen LogP) is 2.17. The molecule has 110 valence electrons. The van der Waals surface area contributed by atoms with Crippen LogP contribution in [0, 0.1) is 5.82 Å². The second-order valence-electron chi connectivity index (χ2n) is 4.72. The summed E-state index contributed by atoms with van der Waals surface area (Å²) in [5, 5.41) is 14.8. The first-order chi connectivity index (χ1) is 10.1. The quantitative estimate of drug-likeness (QED) is 0.341. The van der Waals surface area contributed by atoms with E-state index in [0.29, 0.717) is 12.1 Å². The summed E-state index contributed by atoms with van der Waals surface area (Å²) in [7, 11) is 0. The van der Waals surface area contributed by atoms with Crippen molar-refractivity contribution in [3.05, 3.63) is 65.2 Å². The highest BCUT2D eigenvalue weighted by Gasteiger charge is 2.07. The third-order valence-electron chi connectivity index (χ3n) is 3.18. The summed E-state index contributed by atoms with van der Waals surface area (Å²) in [4.78, 5) is 3.97. The van der Waals surface area contributed by atoms with E-state index in [2.05, 4.69) is 15.5 Å². The molecule has 1 aromatic carbocycles. The van der Waals surface area contributed by atoms with Crippen molar-refractivity contribution >= 4 is 5.84 Å². The van der Waals surface area contributed by atoms with Crippen molar-refractivity contribution in [2.24, 2.45) is 10.9 Å². The van der Waals surface area contributed by atoms with E-state index in [1.165, 1.54) is 12.1 Å². The van der Waals surface area contributed by atoms with E-state index in [9.17, 15) is 4.39 Å². The Labute approximate surface area is 122 Å². The van der Waals surface area contributed by atoms with E-state index in [0.717, 1.165) is 11.1 Å². The number of hydrogen-bond donors (Lipinski definition) is 3. The number of oxime groups is 1. The van der Waals surface area contributed by atoms with Crippen LogP contribution >= 0.6 is 0 Å². The predicted molar refractivity (Wildman–Crippen MR) is 78.4 cm³/mol. The van der Waals surface area contributed by atoms with Gasteiger partial charge in [-0.25, -0.2) is 4.39 Å². The van der Waals surface area contributed by atoms with Crippen LogP contribution in [0.3, 0.4) is 0 Å². The number of hydrogen-bond acceptors (Lipinski definition) is 4. The van der Waals surface area contributed by atoms with Crippen LogP contribution in [0.2, 0.25) is 0 Å². The SMILES string of the molecule is CC(NCc1cc(F)cc(/C(N)=N/O)c1)c1ccncc1. The molecule has 5 nitrogen and oxygen atoms in total. The molecule has 4 N–H and O–H groups in total. The summed E-state index contributed by atoms with van der Waals surface area (Å²) in [5.74, 6) is -0.537. The minimum Gasteiger partial charge on any atom is -0.409 e. The lowest BCUT2D eigenvalue weighted by molar-refractivity contribution is 0.318. The van der Waals surface area contributed by atoms with Crippen molar-refractivity contribution < 1.29 is 9.60 Å². The first kappa shape index (κ1) is 14.9. The molecule has 1 atom stereocenters. The van der Waals surface area contributed by atoms with Gasteiger partial charge in [0.2, 0.25) is 0 Å². The Balaban J connectivity index is 2.08. The van der Waals surface area contributed by atoms with Crippen molar-refractivity contribution in [1.29, 1.82) is 0 Å². The largest absolute Gasteiger partial charge is 0.409 e. The van der Waals surface area contributed by atoms with E-state index in [1.807, 2.05) is 19.1 Å². The zero-order chi connectivity index (χ0) is 15.2. The smallest absolute Gasteiger partial charge is 0.170 e. The van der Waals surface area contributed by atoms with Gasteiger partial charge in [0.25, 0.3) is 0 Å². The van der Waals surface area contributed by atoms with Gasteiger partial charge in [0.05, 0.1) is 0 Å². The number of benzene rings is 1. The van der Waals surface area contributed by atoms with Crippen LogP contribution in [0.4, 0.5) is 4.39 Å². The van der Waals surface area contributed by atoms with Crippen LogP contribution in [0.15, 0.2) is 47.9 Å². The number of amidine groups is 1. The molecule has 0 aliphatic rings. The molecule has 1 heterocycles. The third-order valence-corrected chi connectivity index (χ3v) is 3.18. The molecular weight excluding hydrogens is 271 g/mol. The summed E-state index contributed by atoms with van der Waals surface area (Å²) >= 11 is 0. The number of nitrogens with zero attached hydrogens (tertiary/aromatic N) is 2. The zero-order valence-corrected chi connectivity index (χ0v) is 11.6. The Morgan fingerprint density at radius 3 is 2.76 bits per heavy atom. The normalized spacial score (nSPS) is 13.1. The van der Waals surface area contributed by atoms with Gasteiger partial charge >= 0.3 is 0 Å². The fourth-order valence-corrected chi connectivity index (χ4v) is 2.00. The molecular formula is C15H17FN4O. The highest BCUT2D eigenvalue weighted by Crippen LogP contribution is 2.13. The highest BCUT2D eigenvalue weighted by molar-refractivity contribution is 5.97. The van der Waals surface area contributed by atoms with Crippen LogP contribution in [-0.2, 0) is 6.54 Å². The number of rotatable bonds is 5. The lowest BCUT2D eigenvalue weighted by Crippen LogP contribution is -2.19. The molecule has 0 radical (unpaired) electrons. The summed E-state index contributed by atoms with van der Waals surface area (Å²) < 4.78 is 13.5. The molecule has 21 heavy (non-hydrogen) atoms. The first-order valence-corrected chi connectivity index (χ1v) is 6.51. The fraction of sp³-hybridized carbons (Fsp3) is 0.200. The molecule has 2 rings (SSSR count). The monoisotopic (exact) mass is 288 g/mol. The van der Waals surface area contributed by atoms with Gasteiger partial charge in [-0.1, -0.05) is 5.16 Å². The standard InChI is InChI=1S/C15H17FN4O/c1-10(12-2-4-18-5-3-12)19-9-11-6-13(15(17)20-21)8-14(16)7-11/h2-8,10,19,21H,9H2,1H3,(H2,17,20). The first-order valence-electron chi connectivity index (χ1n) is 6.51. The van der Waals surface area contributed by atoms with Crippen molar-refractivity contribution in [3.63, 3.8) is 0 Å². The van der Waals surface area contributed by atoms with Crippen LogP contribution in [0.25, 0.3) is 0 Å². The molecule has 0 amide bonds. The van der Waals surface area contributed by atoms with E-state index in [1.54, 1.807) is 18.5 Å². The molecule has 0 saturated heterocycles. The van der Waals surface area contributed by atoms with Gasteiger partial charge in [-0.2, -0.15) is 0 Å². The molecule has 0 bridgehead atoms. The lowest BCUT2D eigenvalue weighted by atomic mass is 10.1. The van der Waals surface area contributed by atoms with Gasteiger partial charge in [-0.15, -0.1) is 0 Å². The van der Waals surface area contributed by atoms with Crippen LogP contribution in [0.1, 0.15) is 29.7 Å². The summed E-state index contributed by atoms with van der Waals surface area (Å²) in [6, 6.07) is 8.27. The summed E-state index contributed by atoms with van der Waals surface area (Å²) in [6.07, 6.45) is 3.46. The van der Waals surface area contributed by atoms with Crippen molar-refractivity contribution in [2.75, 3.05) is 0 Å². The maximum Gasteiger partial charge on any atom is 0.170 e. The molecule has 2 aromatic rings. The summed E-state index contributed by atoms with van der Waals surface area (Å²) in [5.41, 5.74) is 7.65. The average molecular weight is 288 g/mol. The highest BCUT2D eigenvalue weighted by atomic mass is 19.1. The van der Waals surface area contributed by atoms with E-state index < -0.39 is 5.82 Å². The van der Waals surface area contributed by atoms with Gasteiger partial charge in [-0.3, -0.25) is 4.98 Å². The number of aromatic nitrogens is 1. The average Bonchev–Trinajstić information content (AvgIpc) is 2.52. The summed E-state index contributed by atoms with van der Waals surface area (Å²) in [6.45, 7) is 2.48.